The van der Waals surface area contributed by atoms with Crippen LogP contribution < -0.4 is 5.32 Å². The van der Waals surface area contributed by atoms with Crippen LogP contribution in [0.15, 0.2) is 42.7 Å². The Hall–Kier alpha value is -1.99. The zero-order valence-corrected chi connectivity index (χ0v) is 15.7. The maximum absolute atomic E-state index is 12.7. The molecule has 0 spiro atoms. The first-order chi connectivity index (χ1) is 12.8. The van der Waals surface area contributed by atoms with Crippen LogP contribution in [0.3, 0.4) is 0 Å². The third-order valence-electron chi connectivity index (χ3n) is 5.21. The van der Waals surface area contributed by atoms with E-state index in [1.54, 1.807) is 10.9 Å². The molecule has 138 valence electrons. The van der Waals surface area contributed by atoms with Crippen molar-refractivity contribution in [1.29, 1.82) is 0 Å². The average molecular weight is 372 g/mol. The quantitative estimate of drug-likeness (QED) is 0.901. The topological polar surface area (TPSA) is 53.4 Å². The number of thioether (sulfide) groups is 1. The monoisotopic (exact) mass is 371 g/mol. The van der Waals surface area contributed by atoms with E-state index in [0.717, 1.165) is 37.6 Å². The van der Waals surface area contributed by atoms with Crippen molar-refractivity contribution in [1.82, 2.24) is 19.6 Å². The van der Waals surface area contributed by atoms with Crippen LogP contribution in [-0.2, 0) is 0 Å². The largest absolute Gasteiger partial charge is 0.322 e. The molecule has 6 nitrogen and oxygen atoms in total. The van der Waals surface area contributed by atoms with Crippen LogP contribution in [0.2, 0.25) is 0 Å². The van der Waals surface area contributed by atoms with Gasteiger partial charge in [0.05, 0.1) is 11.4 Å². The smallest absolute Gasteiger partial charge is 0.321 e. The first kappa shape index (κ1) is 17.4. The highest BCUT2D eigenvalue weighted by Gasteiger charge is 2.27. The first-order valence-corrected chi connectivity index (χ1v) is 10.4. The molecule has 3 heterocycles. The fraction of sp³-hybridized carbons (Fsp3) is 0.474. The normalized spacial score (nSPS) is 19.5. The van der Waals surface area contributed by atoms with Gasteiger partial charge in [0.25, 0.3) is 0 Å². The van der Waals surface area contributed by atoms with Gasteiger partial charge < -0.3 is 10.2 Å². The van der Waals surface area contributed by atoms with Gasteiger partial charge in [0.1, 0.15) is 0 Å². The summed E-state index contributed by atoms with van der Waals surface area (Å²) in [6.45, 7) is 3.53. The predicted octanol–water partition coefficient (Wildman–Crippen LogP) is 2.92. The summed E-state index contributed by atoms with van der Waals surface area (Å²) in [5.41, 5.74) is 1.66. The van der Waals surface area contributed by atoms with E-state index in [4.69, 9.17) is 0 Å². The zero-order valence-electron chi connectivity index (χ0n) is 14.9. The molecular weight excluding hydrogens is 346 g/mol. The molecule has 4 rings (SSSR count). The molecule has 26 heavy (non-hydrogen) atoms. The summed E-state index contributed by atoms with van der Waals surface area (Å²) < 4.78 is 1.77. The van der Waals surface area contributed by atoms with Crippen LogP contribution in [0, 0.1) is 0 Å². The highest BCUT2D eigenvalue weighted by Crippen LogP contribution is 2.23. The molecule has 0 unspecified atom stereocenters. The number of rotatable bonds is 3. The van der Waals surface area contributed by atoms with E-state index >= 15 is 0 Å². The van der Waals surface area contributed by atoms with Crippen molar-refractivity contribution in [3.8, 4) is 5.69 Å². The SMILES string of the molecule is O=C(Nc1ccccc1-n1cccn1)N1CCN(C2CCSCC2)CC1. The third kappa shape index (κ3) is 3.88. The molecule has 2 aliphatic rings. The number of anilines is 1. The van der Waals surface area contributed by atoms with Crippen LogP contribution >= 0.6 is 11.8 Å². The van der Waals surface area contributed by atoms with Gasteiger partial charge in [-0.3, -0.25) is 4.90 Å². The minimum Gasteiger partial charge on any atom is -0.322 e. The molecule has 0 atom stereocenters. The number of aromatic nitrogens is 2. The number of para-hydroxylation sites is 2. The van der Waals surface area contributed by atoms with Crippen molar-refractivity contribution in [2.45, 2.75) is 18.9 Å². The molecule has 7 heteroatoms. The van der Waals surface area contributed by atoms with Gasteiger partial charge in [-0.05, 0) is 42.5 Å². The van der Waals surface area contributed by atoms with Crippen LogP contribution in [0.5, 0.6) is 0 Å². The Morgan fingerprint density at radius 3 is 2.58 bits per heavy atom. The average Bonchev–Trinajstić information content (AvgIpc) is 3.24. The molecule has 1 aromatic heterocycles. The standard InChI is InChI=1S/C19H25N5OS/c25-19(21-17-4-1-2-5-18(17)24-9-3-8-20-24)23-12-10-22(11-13-23)16-6-14-26-15-7-16/h1-5,8-9,16H,6-7,10-15H2,(H,21,25). The van der Waals surface area contributed by atoms with Crippen LogP contribution in [0.25, 0.3) is 5.69 Å². The lowest BCUT2D eigenvalue weighted by Crippen LogP contribution is -2.53. The minimum atomic E-state index is -0.0246. The second-order valence-electron chi connectivity index (χ2n) is 6.76. The van der Waals surface area contributed by atoms with E-state index in [2.05, 4.69) is 27.1 Å². The number of amides is 2. The van der Waals surface area contributed by atoms with Crippen molar-refractivity contribution in [2.75, 3.05) is 43.0 Å². The Morgan fingerprint density at radius 1 is 1.08 bits per heavy atom. The van der Waals surface area contributed by atoms with Gasteiger partial charge >= 0.3 is 6.03 Å². The lowest BCUT2D eigenvalue weighted by Gasteiger charge is -2.40. The van der Waals surface area contributed by atoms with Crippen LogP contribution in [0.1, 0.15) is 12.8 Å². The molecule has 2 fully saturated rings. The molecule has 1 N–H and O–H groups in total. The number of benzene rings is 1. The van der Waals surface area contributed by atoms with E-state index in [1.165, 1.54) is 24.3 Å². The van der Waals surface area contributed by atoms with Gasteiger partial charge in [-0.15, -0.1) is 0 Å². The van der Waals surface area contributed by atoms with Crippen LogP contribution in [0.4, 0.5) is 10.5 Å². The van der Waals surface area contributed by atoms with Crippen LogP contribution in [-0.4, -0.2) is 69.3 Å². The molecule has 0 saturated carbocycles. The molecular formula is C19H25N5OS. The number of urea groups is 1. The Bertz CT molecular complexity index is 721. The second kappa shape index (κ2) is 8.14. The molecule has 2 aliphatic heterocycles. The van der Waals surface area contributed by atoms with Crippen molar-refractivity contribution in [3.63, 3.8) is 0 Å². The molecule has 0 aliphatic carbocycles. The Morgan fingerprint density at radius 2 is 1.85 bits per heavy atom. The summed E-state index contributed by atoms with van der Waals surface area (Å²) in [5, 5.41) is 7.34. The number of piperazine rings is 1. The van der Waals surface area contributed by atoms with Gasteiger partial charge in [0.2, 0.25) is 0 Å². The third-order valence-corrected chi connectivity index (χ3v) is 6.25. The molecule has 0 bridgehead atoms. The van der Waals surface area contributed by atoms with Gasteiger partial charge in [-0.2, -0.15) is 16.9 Å². The minimum absolute atomic E-state index is 0.0246. The lowest BCUT2D eigenvalue weighted by molar-refractivity contribution is 0.108. The number of carbonyl (C=O) groups excluding carboxylic acids is 1. The summed E-state index contributed by atoms with van der Waals surface area (Å²) in [5.74, 6) is 2.55. The Balaban J connectivity index is 1.36. The van der Waals surface area contributed by atoms with E-state index in [0.29, 0.717) is 6.04 Å². The highest BCUT2D eigenvalue weighted by molar-refractivity contribution is 7.99. The molecule has 1 aromatic carbocycles. The van der Waals surface area contributed by atoms with E-state index in [9.17, 15) is 4.79 Å². The predicted molar refractivity (Wildman–Crippen MR) is 106 cm³/mol. The van der Waals surface area contributed by atoms with Crippen molar-refractivity contribution in [3.05, 3.63) is 42.7 Å². The number of nitrogens with one attached hydrogen (secondary N) is 1. The van der Waals surface area contributed by atoms with Gasteiger partial charge in [-0.1, -0.05) is 12.1 Å². The summed E-state index contributed by atoms with van der Waals surface area (Å²) in [6, 6.07) is 10.3. The number of carbonyl (C=O) groups is 1. The lowest BCUT2D eigenvalue weighted by atomic mass is 10.1. The molecule has 2 aromatic rings. The van der Waals surface area contributed by atoms with Crippen molar-refractivity contribution in [2.24, 2.45) is 0 Å². The summed E-state index contributed by atoms with van der Waals surface area (Å²) in [4.78, 5) is 17.2. The van der Waals surface area contributed by atoms with Gasteiger partial charge in [0.15, 0.2) is 0 Å². The van der Waals surface area contributed by atoms with E-state index < -0.39 is 0 Å². The fourth-order valence-corrected chi connectivity index (χ4v) is 4.81. The summed E-state index contributed by atoms with van der Waals surface area (Å²) in [6.07, 6.45) is 6.19. The zero-order chi connectivity index (χ0) is 17.8. The maximum atomic E-state index is 12.7. The fourth-order valence-electron chi connectivity index (χ4n) is 3.73. The summed E-state index contributed by atoms with van der Waals surface area (Å²) in [7, 11) is 0. The Kier molecular flexibility index (Phi) is 5.45. The molecule has 2 saturated heterocycles. The van der Waals surface area contributed by atoms with Crippen molar-refractivity contribution >= 4 is 23.5 Å². The second-order valence-corrected chi connectivity index (χ2v) is 7.99. The maximum Gasteiger partial charge on any atom is 0.321 e. The number of hydrogen-bond donors (Lipinski definition) is 1. The van der Waals surface area contributed by atoms with E-state index in [1.807, 2.05) is 41.4 Å². The highest BCUT2D eigenvalue weighted by atomic mass is 32.2. The molecule has 0 radical (unpaired) electrons. The van der Waals surface area contributed by atoms with Gasteiger partial charge in [-0.25, -0.2) is 9.48 Å². The van der Waals surface area contributed by atoms with Gasteiger partial charge in [0, 0.05) is 44.6 Å². The number of nitrogens with zero attached hydrogens (tertiary/aromatic N) is 4. The molecule has 2 amide bonds. The number of hydrogen-bond acceptors (Lipinski definition) is 4. The Labute approximate surface area is 158 Å². The summed E-state index contributed by atoms with van der Waals surface area (Å²) >= 11 is 2.06. The first-order valence-electron chi connectivity index (χ1n) is 9.28. The van der Waals surface area contributed by atoms with Crippen molar-refractivity contribution < 1.29 is 4.79 Å². The van der Waals surface area contributed by atoms with E-state index in [-0.39, 0.29) is 6.03 Å².